The third-order valence-corrected chi connectivity index (χ3v) is 4.34. The molecule has 1 saturated heterocycles. The molecule has 0 saturated carbocycles. The predicted molar refractivity (Wildman–Crippen MR) is 90.4 cm³/mol. The largest absolute Gasteiger partial charge is 0.337 e. The van der Waals surface area contributed by atoms with Crippen LogP contribution in [0, 0.1) is 0 Å². The minimum absolute atomic E-state index is 0.0142. The number of nitrogens with zero attached hydrogens (tertiary/aromatic N) is 3. The average molecular weight is 342 g/mol. The number of aromatic nitrogens is 2. The summed E-state index contributed by atoms with van der Waals surface area (Å²) in [6.45, 7) is 3.99. The molecule has 2 heterocycles. The van der Waals surface area contributed by atoms with Crippen LogP contribution < -0.4 is 5.32 Å². The SMILES string of the molecule is CCCc1noc(CN2C(=O)N[C@@](CCC)(c3ccccc3)C2=O)n1. The van der Waals surface area contributed by atoms with Crippen molar-refractivity contribution >= 4 is 11.9 Å². The molecule has 1 aliphatic rings. The Kier molecular flexibility index (Phi) is 4.83. The van der Waals surface area contributed by atoms with E-state index in [1.54, 1.807) is 0 Å². The number of urea groups is 1. The highest BCUT2D eigenvalue weighted by atomic mass is 16.5. The third-order valence-electron chi connectivity index (χ3n) is 4.34. The van der Waals surface area contributed by atoms with Gasteiger partial charge in [0.1, 0.15) is 12.1 Å². The van der Waals surface area contributed by atoms with Crippen LogP contribution in [0.15, 0.2) is 34.9 Å². The van der Waals surface area contributed by atoms with Gasteiger partial charge in [-0.05, 0) is 18.4 Å². The molecule has 0 unspecified atom stereocenters. The second-order valence-corrected chi connectivity index (χ2v) is 6.20. The zero-order chi connectivity index (χ0) is 17.9. The number of rotatable bonds is 7. The third kappa shape index (κ3) is 3.14. The molecule has 1 atom stereocenters. The number of amides is 3. The van der Waals surface area contributed by atoms with Crippen molar-refractivity contribution < 1.29 is 14.1 Å². The van der Waals surface area contributed by atoms with Crippen molar-refractivity contribution in [3.63, 3.8) is 0 Å². The van der Waals surface area contributed by atoms with Crippen LogP contribution in [0.1, 0.15) is 50.4 Å². The Labute approximate surface area is 146 Å². The highest BCUT2D eigenvalue weighted by Gasteiger charge is 2.52. The normalized spacial score (nSPS) is 20.2. The van der Waals surface area contributed by atoms with Gasteiger partial charge >= 0.3 is 6.03 Å². The predicted octanol–water partition coefficient (Wildman–Crippen LogP) is 2.77. The first-order valence-corrected chi connectivity index (χ1v) is 8.61. The van der Waals surface area contributed by atoms with Crippen molar-refractivity contribution in [1.82, 2.24) is 20.4 Å². The summed E-state index contributed by atoms with van der Waals surface area (Å²) in [5.74, 6) is 0.584. The maximum absolute atomic E-state index is 13.1. The van der Waals surface area contributed by atoms with Crippen LogP contribution in [0.5, 0.6) is 0 Å². The van der Waals surface area contributed by atoms with E-state index in [0.717, 1.165) is 23.3 Å². The molecule has 0 radical (unpaired) electrons. The second kappa shape index (κ2) is 7.04. The number of benzene rings is 1. The highest BCUT2D eigenvalue weighted by Crippen LogP contribution is 2.34. The zero-order valence-corrected chi connectivity index (χ0v) is 14.5. The molecule has 0 bridgehead atoms. The Bertz CT molecular complexity index is 759. The first-order valence-electron chi connectivity index (χ1n) is 8.61. The lowest BCUT2D eigenvalue weighted by molar-refractivity contribution is -0.132. The molecule has 1 aromatic heterocycles. The number of imide groups is 1. The molecule has 3 amide bonds. The Morgan fingerprint density at radius 1 is 1.16 bits per heavy atom. The first-order chi connectivity index (χ1) is 12.1. The highest BCUT2D eigenvalue weighted by molar-refractivity contribution is 6.07. The van der Waals surface area contributed by atoms with Gasteiger partial charge in [-0.2, -0.15) is 4.98 Å². The van der Waals surface area contributed by atoms with Gasteiger partial charge in [0.05, 0.1) is 0 Å². The molecule has 7 nitrogen and oxygen atoms in total. The molecule has 0 aliphatic carbocycles. The Morgan fingerprint density at radius 2 is 1.92 bits per heavy atom. The van der Waals surface area contributed by atoms with Gasteiger partial charge in [-0.3, -0.25) is 9.69 Å². The van der Waals surface area contributed by atoms with E-state index in [-0.39, 0.29) is 18.3 Å². The van der Waals surface area contributed by atoms with E-state index in [4.69, 9.17) is 4.52 Å². The molecule has 132 valence electrons. The van der Waals surface area contributed by atoms with Gasteiger partial charge in [0.15, 0.2) is 5.82 Å². The fourth-order valence-electron chi connectivity index (χ4n) is 3.19. The van der Waals surface area contributed by atoms with Crippen LogP contribution in [-0.4, -0.2) is 27.0 Å². The molecule has 2 aromatic rings. The minimum Gasteiger partial charge on any atom is -0.337 e. The molecule has 7 heteroatoms. The number of aryl methyl sites for hydroxylation is 1. The number of hydrogen-bond acceptors (Lipinski definition) is 5. The minimum atomic E-state index is -1.03. The molecule has 1 N–H and O–H groups in total. The lowest BCUT2D eigenvalue weighted by Crippen LogP contribution is -2.43. The Hall–Kier alpha value is -2.70. The molecule has 25 heavy (non-hydrogen) atoms. The summed E-state index contributed by atoms with van der Waals surface area (Å²) >= 11 is 0. The zero-order valence-electron chi connectivity index (χ0n) is 14.5. The van der Waals surface area contributed by atoms with E-state index in [0.29, 0.717) is 18.7 Å². The van der Waals surface area contributed by atoms with Gasteiger partial charge in [-0.25, -0.2) is 4.79 Å². The van der Waals surface area contributed by atoms with Gasteiger partial charge in [0.2, 0.25) is 5.89 Å². The smallest absolute Gasteiger partial charge is 0.325 e. The number of carbonyl (C=O) groups excluding carboxylic acids is 2. The van der Waals surface area contributed by atoms with Crippen molar-refractivity contribution in [1.29, 1.82) is 0 Å². The number of carbonyl (C=O) groups is 2. The second-order valence-electron chi connectivity index (χ2n) is 6.20. The van der Waals surface area contributed by atoms with Gasteiger partial charge < -0.3 is 9.84 Å². The Balaban J connectivity index is 1.87. The summed E-state index contributed by atoms with van der Waals surface area (Å²) in [4.78, 5) is 31.0. The number of hydrogen-bond donors (Lipinski definition) is 1. The van der Waals surface area contributed by atoms with Crippen molar-refractivity contribution in [2.45, 2.75) is 51.6 Å². The van der Waals surface area contributed by atoms with Crippen LogP contribution in [-0.2, 0) is 23.3 Å². The molecule has 1 aromatic carbocycles. The topological polar surface area (TPSA) is 88.3 Å². The van der Waals surface area contributed by atoms with Gasteiger partial charge in [-0.15, -0.1) is 0 Å². The van der Waals surface area contributed by atoms with Gasteiger partial charge in [0, 0.05) is 6.42 Å². The van der Waals surface area contributed by atoms with Crippen LogP contribution in [0.4, 0.5) is 4.79 Å². The van der Waals surface area contributed by atoms with E-state index in [2.05, 4.69) is 15.5 Å². The van der Waals surface area contributed by atoms with Crippen LogP contribution >= 0.6 is 0 Å². The van der Waals surface area contributed by atoms with E-state index in [1.165, 1.54) is 0 Å². The lowest BCUT2D eigenvalue weighted by atomic mass is 9.85. The maximum atomic E-state index is 13.1. The van der Waals surface area contributed by atoms with Gasteiger partial charge in [-0.1, -0.05) is 55.8 Å². The van der Waals surface area contributed by atoms with Crippen molar-refractivity contribution in [3.05, 3.63) is 47.6 Å². The van der Waals surface area contributed by atoms with E-state index in [9.17, 15) is 9.59 Å². The fraction of sp³-hybridized carbons (Fsp3) is 0.444. The Morgan fingerprint density at radius 3 is 2.60 bits per heavy atom. The first kappa shape index (κ1) is 17.1. The molecule has 0 spiro atoms. The maximum Gasteiger partial charge on any atom is 0.325 e. The van der Waals surface area contributed by atoms with E-state index in [1.807, 2.05) is 44.2 Å². The van der Waals surface area contributed by atoms with Crippen LogP contribution in [0.3, 0.4) is 0 Å². The van der Waals surface area contributed by atoms with E-state index >= 15 is 0 Å². The number of nitrogens with one attached hydrogen (secondary N) is 1. The standard InChI is InChI=1S/C18H22N4O3/c1-3-8-14-19-15(25-21-14)12-22-16(23)18(11-4-2,20-17(22)24)13-9-6-5-7-10-13/h5-7,9-10H,3-4,8,11-12H2,1-2H3,(H,20,24)/t18-/m0/s1. The van der Waals surface area contributed by atoms with E-state index < -0.39 is 11.6 Å². The average Bonchev–Trinajstić information content (AvgIpc) is 3.15. The van der Waals surface area contributed by atoms with Crippen molar-refractivity contribution in [3.8, 4) is 0 Å². The summed E-state index contributed by atoms with van der Waals surface area (Å²) < 4.78 is 5.17. The summed E-state index contributed by atoms with van der Waals surface area (Å²) in [5, 5.41) is 6.76. The molecular weight excluding hydrogens is 320 g/mol. The molecule has 1 aliphatic heterocycles. The molecule has 1 fully saturated rings. The molecule has 3 rings (SSSR count). The van der Waals surface area contributed by atoms with Crippen LogP contribution in [0.25, 0.3) is 0 Å². The summed E-state index contributed by atoms with van der Waals surface area (Å²) in [7, 11) is 0. The fourth-order valence-corrected chi connectivity index (χ4v) is 3.19. The lowest BCUT2D eigenvalue weighted by Gasteiger charge is -2.26. The van der Waals surface area contributed by atoms with Crippen molar-refractivity contribution in [2.24, 2.45) is 0 Å². The summed E-state index contributed by atoms with van der Waals surface area (Å²) in [6, 6.07) is 8.91. The summed E-state index contributed by atoms with van der Waals surface area (Å²) in [6.07, 6.45) is 2.89. The monoisotopic (exact) mass is 342 g/mol. The van der Waals surface area contributed by atoms with Crippen LogP contribution in [0.2, 0.25) is 0 Å². The van der Waals surface area contributed by atoms with Crippen molar-refractivity contribution in [2.75, 3.05) is 0 Å². The quantitative estimate of drug-likeness (QED) is 0.782. The van der Waals surface area contributed by atoms with Gasteiger partial charge in [0.25, 0.3) is 5.91 Å². The summed E-state index contributed by atoms with van der Waals surface area (Å²) in [5.41, 5.74) is -0.241. The molecular formula is C18H22N4O3.